The van der Waals surface area contributed by atoms with Gasteiger partial charge in [0.25, 0.3) is 0 Å². The van der Waals surface area contributed by atoms with Crippen LogP contribution in [0.1, 0.15) is 26.2 Å². The van der Waals surface area contributed by atoms with Crippen LogP contribution in [0.15, 0.2) is 21.9 Å². The number of nitrogens with two attached hydrogens (primary N) is 3. The number of H-pyrrole nitrogens is 1. The lowest BCUT2D eigenvalue weighted by atomic mass is 9.90. The molecule has 1 fully saturated rings. The summed E-state index contributed by atoms with van der Waals surface area (Å²) in [5.74, 6) is -0.290. The molecule has 0 bridgehead atoms. The van der Waals surface area contributed by atoms with Crippen LogP contribution in [-0.2, 0) is 19.9 Å². The number of rotatable bonds is 9. The number of nitrogens with one attached hydrogen (secondary N) is 1. The van der Waals surface area contributed by atoms with E-state index in [1.807, 2.05) is 11.8 Å². The third-order valence-corrected chi connectivity index (χ3v) is 8.81. The fourth-order valence-electron chi connectivity index (χ4n) is 4.01. The number of aliphatic hydroxyl groups excluding tert-OH is 1. The minimum atomic E-state index is -4.54. The Hall–Kier alpha value is -2.17. The van der Waals surface area contributed by atoms with Crippen LogP contribution in [-0.4, -0.2) is 80.1 Å². The lowest BCUT2D eigenvalue weighted by Crippen LogP contribution is -2.40. The van der Waals surface area contributed by atoms with Gasteiger partial charge < -0.3 is 21.5 Å². The van der Waals surface area contributed by atoms with Gasteiger partial charge >= 0.3 is 0 Å². The summed E-state index contributed by atoms with van der Waals surface area (Å²) in [5.41, 5.74) is 11.8. The molecule has 184 valence electrons. The summed E-state index contributed by atoms with van der Waals surface area (Å²) in [6, 6.07) is 2.78. The van der Waals surface area contributed by atoms with E-state index in [4.69, 9.17) is 16.6 Å². The molecule has 1 saturated heterocycles. The summed E-state index contributed by atoms with van der Waals surface area (Å²) in [6.45, 7) is 2.99. The van der Waals surface area contributed by atoms with Gasteiger partial charge in [0.2, 0.25) is 15.8 Å². The van der Waals surface area contributed by atoms with Gasteiger partial charge in [0, 0.05) is 31.4 Å². The van der Waals surface area contributed by atoms with Crippen LogP contribution in [0, 0.1) is 5.92 Å². The number of piperidine rings is 1. The number of aromatic amines is 1. The molecule has 1 aromatic carbocycles. The fraction of sp³-hybridized carbons (Fsp3) is 0.611. The third-order valence-electron chi connectivity index (χ3n) is 5.90. The van der Waals surface area contributed by atoms with Crippen molar-refractivity contribution in [3.8, 4) is 11.4 Å². The number of benzene rings is 1. The van der Waals surface area contributed by atoms with Crippen molar-refractivity contribution in [3.63, 3.8) is 0 Å². The Morgan fingerprint density at radius 2 is 1.91 bits per heavy atom. The Labute approximate surface area is 192 Å². The van der Waals surface area contributed by atoms with Gasteiger partial charge in [0.05, 0.1) is 22.3 Å². The van der Waals surface area contributed by atoms with Gasteiger partial charge in [0.15, 0.2) is 9.84 Å². The van der Waals surface area contributed by atoms with Crippen LogP contribution in [0.4, 0.5) is 5.69 Å². The molecule has 0 amide bonds. The van der Waals surface area contributed by atoms with Crippen molar-refractivity contribution < 1.29 is 21.9 Å². The molecule has 15 heteroatoms. The van der Waals surface area contributed by atoms with Crippen LogP contribution in [0.5, 0.6) is 0 Å². The van der Waals surface area contributed by atoms with E-state index in [2.05, 4.69) is 20.6 Å². The van der Waals surface area contributed by atoms with Crippen LogP contribution in [0.3, 0.4) is 0 Å². The van der Waals surface area contributed by atoms with Crippen molar-refractivity contribution in [1.29, 1.82) is 0 Å². The molecule has 3 rings (SSSR count). The molecule has 1 unspecified atom stereocenters. The van der Waals surface area contributed by atoms with Crippen LogP contribution < -0.4 is 21.5 Å². The van der Waals surface area contributed by atoms with Gasteiger partial charge in [-0.3, -0.25) is 0 Å². The van der Waals surface area contributed by atoms with Crippen molar-refractivity contribution >= 4 is 25.5 Å². The maximum atomic E-state index is 13.1. The summed E-state index contributed by atoms with van der Waals surface area (Å²) in [7, 11) is -8.69. The predicted octanol–water partition coefficient (Wildman–Crippen LogP) is -1.44. The summed E-state index contributed by atoms with van der Waals surface area (Å²) in [4.78, 5) is 0.856. The second-order valence-electron chi connectivity index (χ2n) is 8.25. The molecule has 1 aliphatic heterocycles. The molecular weight excluding hydrogens is 472 g/mol. The number of aliphatic hydroxyl groups is 1. The van der Waals surface area contributed by atoms with Crippen LogP contribution >= 0.6 is 0 Å². The van der Waals surface area contributed by atoms with Gasteiger partial charge in [-0.05, 0) is 49.5 Å². The van der Waals surface area contributed by atoms with E-state index in [9.17, 15) is 21.9 Å². The molecule has 0 radical (unpaired) electrons. The summed E-state index contributed by atoms with van der Waals surface area (Å²) in [5, 5.41) is 28.8. The number of primary sulfonamides is 1. The summed E-state index contributed by atoms with van der Waals surface area (Å²) < 4.78 is 51.6. The SMILES string of the molecule is CC(N)C1CCN(c2ccc(S(=O)(=O)CC[C@H](O)CN)c(S(N)(=O)=O)c2-c2nn[nH]n2)CC1. The van der Waals surface area contributed by atoms with Gasteiger partial charge in [0.1, 0.15) is 4.90 Å². The number of sulfonamides is 1. The molecule has 0 aliphatic carbocycles. The Kier molecular flexibility index (Phi) is 7.70. The standard InChI is InChI=1S/C18H30N8O5S2/c1-11(20)12-4-7-26(8-5-12)14-2-3-15(32(28,29)9-6-13(27)10-19)17(33(21,30)31)16(14)18-22-24-25-23-18/h2-3,11-13,27H,4-10,19-20H2,1H3,(H2,21,30,31)(H,22,23,24,25)/t11?,13-/m0/s1. The fourth-order valence-corrected chi connectivity index (χ4v) is 7.03. The number of sulfone groups is 1. The van der Waals surface area contributed by atoms with E-state index in [0.717, 1.165) is 12.8 Å². The summed E-state index contributed by atoms with van der Waals surface area (Å²) in [6.07, 6.45) is 0.364. The molecule has 1 aromatic heterocycles. The van der Waals surface area contributed by atoms with Crippen molar-refractivity contribution in [1.82, 2.24) is 20.6 Å². The third kappa shape index (κ3) is 5.67. The molecular formula is C18H30N8O5S2. The molecule has 2 atom stereocenters. The lowest BCUT2D eigenvalue weighted by Gasteiger charge is -2.36. The predicted molar refractivity (Wildman–Crippen MR) is 121 cm³/mol. The molecule has 0 spiro atoms. The van der Waals surface area contributed by atoms with Crippen molar-refractivity contribution in [2.45, 2.75) is 48.1 Å². The first kappa shape index (κ1) is 25.5. The molecule has 2 aromatic rings. The molecule has 33 heavy (non-hydrogen) atoms. The number of hydrogen-bond acceptors (Lipinski definition) is 11. The zero-order chi connectivity index (χ0) is 24.4. The maximum absolute atomic E-state index is 13.1. The zero-order valence-electron chi connectivity index (χ0n) is 18.3. The van der Waals surface area contributed by atoms with E-state index >= 15 is 0 Å². The average molecular weight is 503 g/mol. The molecule has 8 N–H and O–H groups in total. The Balaban J connectivity index is 2.16. The number of nitrogens with zero attached hydrogens (tertiary/aromatic N) is 4. The average Bonchev–Trinajstić information content (AvgIpc) is 3.30. The molecule has 2 heterocycles. The van der Waals surface area contributed by atoms with E-state index in [-0.39, 0.29) is 30.4 Å². The highest BCUT2D eigenvalue weighted by Crippen LogP contribution is 2.40. The van der Waals surface area contributed by atoms with Crippen molar-refractivity contribution in [2.24, 2.45) is 22.5 Å². The van der Waals surface area contributed by atoms with Gasteiger partial charge in [-0.25, -0.2) is 22.0 Å². The van der Waals surface area contributed by atoms with E-state index in [1.165, 1.54) is 12.1 Å². The number of aromatic nitrogens is 4. The van der Waals surface area contributed by atoms with E-state index in [1.54, 1.807) is 0 Å². The second-order valence-corrected chi connectivity index (χ2v) is 11.8. The van der Waals surface area contributed by atoms with Gasteiger partial charge in [-0.15, -0.1) is 10.2 Å². The monoisotopic (exact) mass is 502 g/mol. The molecule has 1 aliphatic rings. The topological polar surface area (TPSA) is 224 Å². The largest absolute Gasteiger partial charge is 0.392 e. The van der Waals surface area contributed by atoms with Gasteiger partial charge in [-0.1, -0.05) is 0 Å². The second kappa shape index (κ2) is 9.99. The Morgan fingerprint density at radius 1 is 1.24 bits per heavy atom. The first-order valence-corrected chi connectivity index (χ1v) is 13.7. The highest BCUT2D eigenvalue weighted by molar-refractivity contribution is 7.93. The minimum Gasteiger partial charge on any atom is -0.392 e. The Bertz CT molecular complexity index is 1160. The van der Waals surface area contributed by atoms with Crippen LogP contribution in [0.25, 0.3) is 11.4 Å². The maximum Gasteiger partial charge on any atom is 0.240 e. The number of tetrazole rings is 1. The number of hydrogen-bond donors (Lipinski definition) is 5. The van der Waals surface area contributed by atoms with Gasteiger partial charge in [-0.2, -0.15) is 5.21 Å². The molecule has 0 saturated carbocycles. The number of anilines is 1. The van der Waals surface area contributed by atoms with Crippen molar-refractivity contribution in [2.75, 3.05) is 30.3 Å². The minimum absolute atomic E-state index is 0.0280. The lowest BCUT2D eigenvalue weighted by molar-refractivity contribution is 0.179. The highest BCUT2D eigenvalue weighted by atomic mass is 32.2. The Morgan fingerprint density at radius 3 is 2.42 bits per heavy atom. The van der Waals surface area contributed by atoms with E-state index < -0.39 is 41.5 Å². The quantitative estimate of drug-likeness (QED) is 0.267. The highest BCUT2D eigenvalue weighted by Gasteiger charge is 2.34. The summed E-state index contributed by atoms with van der Waals surface area (Å²) >= 11 is 0. The first-order valence-electron chi connectivity index (χ1n) is 10.5. The molecule has 13 nitrogen and oxygen atoms in total. The van der Waals surface area contributed by atoms with E-state index in [0.29, 0.717) is 24.7 Å². The first-order chi connectivity index (χ1) is 15.5. The normalized spacial score (nSPS) is 17.8. The van der Waals surface area contributed by atoms with Crippen molar-refractivity contribution in [3.05, 3.63) is 12.1 Å². The zero-order valence-corrected chi connectivity index (χ0v) is 19.9. The van der Waals surface area contributed by atoms with Crippen LogP contribution in [0.2, 0.25) is 0 Å². The smallest absolute Gasteiger partial charge is 0.240 e.